The lowest BCUT2D eigenvalue weighted by molar-refractivity contribution is -0.187. The van der Waals surface area contributed by atoms with Crippen LogP contribution in [0.25, 0.3) is 0 Å². The molecule has 4 atom stereocenters. The summed E-state index contributed by atoms with van der Waals surface area (Å²) in [5.74, 6) is 1.36. The molecule has 2 aromatic carbocycles. The maximum atomic E-state index is 13.3. The molecule has 2 saturated heterocycles. The molecule has 4 heterocycles. The standard InChI is InChI=1S/C27H31N3O4/c1-27(2)19-13-17-14-29(12-11-22(17)33-26(19)18-7-3-6-10-23(18)34-27)16-25(32)30-15-24(31)28-20-8-4-5-9-21(20)30/h3-10,17,19,22,26H,11-16H2,1-2H3,(H,28,31)/t17-,19+,22+,26-/m0/s1. The van der Waals surface area contributed by atoms with Crippen LogP contribution < -0.4 is 15.0 Å². The Morgan fingerprint density at radius 1 is 1.15 bits per heavy atom. The molecule has 0 aliphatic carbocycles. The number of carbonyl (C=O) groups is 2. The van der Waals surface area contributed by atoms with E-state index in [1.807, 2.05) is 36.4 Å². The van der Waals surface area contributed by atoms with Crippen LogP contribution in [0.15, 0.2) is 48.5 Å². The molecule has 0 bridgehead atoms. The zero-order valence-electron chi connectivity index (χ0n) is 19.7. The van der Waals surface area contributed by atoms with Crippen molar-refractivity contribution < 1.29 is 19.1 Å². The minimum absolute atomic E-state index is 0.0365. The van der Waals surface area contributed by atoms with Crippen molar-refractivity contribution in [3.63, 3.8) is 0 Å². The summed E-state index contributed by atoms with van der Waals surface area (Å²) in [5.41, 5.74) is 2.31. The molecule has 0 saturated carbocycles. The first kappa shape index (κ1) is 21.6. The van der Waals surface area contributed by atoms with Gasteiger partial charge in [-0.3, -0.25) is 19.4 Å². The summed E-state index contributed by atoms with van der Waals surface area (Å²) in [5, 5.41) is 2.85. The first-order chi connectivity index (χ1) is 16.4. The van der Waals surface area contributed by atoms with Gasteiger partial charge in [0.05, 0.1) is 30.1 Å². The van der Waals surface area contributed by atoms with Crippen LogP contribution in [-0.2, 0) is 14.3 Å². The molecular weight excluding hydrogens is 430 g/mol. The highest BCUT2D eigenvalue weighted by atomic mass is 16.5. The van der Waals surface area contributed by atoms with Crippen LogP contribution in [0.3, 0.4) is 0 Å². The molecule has 34 heavy (non-hydrogen) atoms. The number of piperidine rings is 1. The van der Waals surface area contributed by atoms with Gasteiger partial charge >= 0.3 is 0 Å². The first-order valence-corrected chi connectivity index (χ1v) is 12.2. The smallest absolute Gasteiger partial charge is 0.244 e. The van der Waals surface area contributed by atoms with Crippen LogP contribution in [0.5, 0.6) is 5.75 Å². The van der Waals surface area contributed by atoms with Gasteiger partial charge in [-0.1, -0.05) is 30.3 Å². The van der Waals surface area contributed by atoms with E-state index < -0.39 is 0 Å². The SMILES string of the molecule is CC1(C)Oc2ccccc2[C@@H]2O[C@@H]3CCN(CC(=O)N4CC(=O)Nc5ccccc54)C[C@@H]3C[C@H]21. The third-order valence-corrected chi connectivity index (χ3v) is 7.91. The molecule has 4 aliphatic heterocycles. The number of nitrogens with zero attached hydrogens (tertiary/aromatic N) is 2. The normalized spacial score (nSPS) is 29.6. The second kappa shape index (κ2) is 8.10. The van der Waals surface area contributed by atoms with Crippen LogP contribution in [0.2, 0.25) is 0 Å². The first-order valence-electron chi connectivity index (χ1n) is 12.2. The van der Waals surface area contributed by atoms with Gasteiger partial charge in [-0.25, -0.2) is 0 Å². The van der Waals surface area contributed by atoms with E-state index >= 15 is 0 Å². The average molecular weight is 462 g/mol. The molecule has 6 rings (SSSR count). The molecule has 7 nitrogen and oxygen atoms in total. The number of fused-ring (bicyclic) bond motifs is 5. The van der Waals surface area contributed by atoms with E-state index in [9.17, 15) is 9.59 Å². The van der Waals surface area contributed by atoms with Gasteiger partial charge < -0.3 is 14.8 Å². The minimum atomic E-state index is -0.313. The molecule has 0 aromatic heterocycles. The van der Waals surface area contributed by atoms with Crippen molar-refractivity contribution in [3.8, 4) is 5.75 Å². The molecule has 4 aliphatic rings. The lowest BCUT2D eigenvalue weighted by atomic mass is 9.70. The fourth-order valence-electron chi connectivity index (χ4n) is 6.21. The van der Waals surface area contributed by atoms with Crippen LogP contribution in [0.4, 0.5) is 11.4 Å². The van der Waals surface area contributed by atoms with Crippen molar-refractivity contribution >= 4 is 23.2 Å². The lowest BCUT2D eigenvalue weighted by Gasteiger charge is -2.53. The Bertz CT molecular complexity index is 1130. The molecule has 0 radical (unpaired) electrons. The minimum Gasteiger partial charge on any atom is -0.487 e. The third-order valence-electron chi connectivity index (χ3n) is 7.91. The molecular formula is C27H31N3O4. The highest BCUT2D eigenvalue weighted by Crippen LogP contribution is 2.52. The molecule has 7 heteroatoms. The molecule has 2 fully saturated rings. The monoisotopic (exact) mass is 461 g/mol. The van der Waals surface area contributed by atoms with Gasteiger partial charge in [0.15, 0.2) is 0 Å². The van der Waals surface area contributed by atoms with Crippen molar-refractivity contribution in [3.05, 3.63) is 54.1 Å². The van der Waals surface area contributed by atoms with E-state index in [1.54, 1.807) is 4.90 Å². The number of nitrogens with one attached hydrogen (secondary N) is 1. The number of para-hydroxylation sites is 3. The fourth-order valence-corrected chi connectivity index (χ4v) is 6.21. The second-order valence-electron chi connectivity index (χ2n) is 10.5. The Hall–Kier alpha value is -2.90. The van der Waals surface area contributed by atoms with Gasteiger partial charge in [0, 0.05) is 24.6 Å². The molecule has 0 spiro atoms. The zero-order chi connectivity index (χ0) is 23.4. The number of ether oxygens (including phenoxy) is 2. The summed E-state index contributed by atoms with van der Waals surface area (Å²) in [6.45, 7) is 6.32. The Kier molecular flexibility index (Phi) is 5.15. The number of hydrogen-bond acceptors (Lipinski definition) is 5. The third kappa shape index (κ3) is 3.67. The zero-order valence-corrected chi connectivity index (χ0v) is 19.7. The predicted molar refractivity (Wildman–Crippen MR) is 129 cm³/mol. The number of carbonyl (C=O) groups excluding carboxylic acids is 2. The Morgan fingerprint density at radius 2 is 1.94 bits per heavy atom. The number of amides is 2. The highest BCUT2D eigenvalue weighted by Gasteiger charge is 2.51. The van der Waals surface area contributed by atoms with Crippen molar-refractivity contribution in [1.82, 2.24) is 4.90 Å². The van der Waals surface area contributed by atoms with E-state index in [0.29, 0.717) is 18.2 Å². The number of hydrogen-bond donors (Lipinski definition) is 1. The van der Waals surface area contributed by atoms with Gasteiger partial charge in [-0.2, -0.15) is 0 Å². The quantitative estimate of drug-likeness (QED) is 0.740. The largest absolute Gasteiger partial charge is 0.487 e. The van der Waals surface area contributed by atoms with Crippen LogP contribution in [0.1, 0.15) is 38.4 Å². The highest BCUT2D eigenvalue weighted by molar-refractivity contribution is 6.10. The van der Waals surface area contributed by atoms with Crippen molar-refractivity contribution in [2.45, 2.75) is 44.5 Å². The Balaban J connectivity index is 1.16. The molecule has 178 valence electrons. The molecule has 1 N–H and O–H groups in total. The summed E-state index contributed by atoms with van der Waals surface area (Å²) in [6, 6.07) is 15.7. The van der Waals surface area contributed by atoms with Gasteiger partial charge in [-0.05, 0) is 50.8 Å². The maximum absolute atomic E-state index is 13.3. The predicted octanol–water partition coefficient (Wildman–Crippen LogP) is 3.61. The van der Waals surface area contributed by atoms with Crippen LogP contribution in [-0.4, -0.2) is 54.6 Å². The van der Waals surface area contributed by atoms with E-state index in [2.05, 4.69) is 36.2 Å². The molecule has 2 amide bonds. The fraction of sp³-hybridized carbons (Fsp3) is 0.481. The van der Waals surface area contributed by atoms with Crippen molar-refractivity contribution in [1.29, 1.82) is 0 Å². The van der Waals surface area contributed by atoms with E-state index in [-0.39, 0.29) is 42.1 Å². The maximum Gasteiger partial charge on any atom is 0.244 e. The van der Waals surface area contributed by atoms with E-state index in [4.69, 9.17) is 9.47 Å². The summed E-state index contributed by atoms with van der Waals surface area (Å²) < 4.78 is 13.1. The Labute approximate surface area is 200 Å². The number of benzene rings is 2. The van der Waals surface area contributed by atoms with Crippen LogP contribution >= 0.6 is 0 Å². The van der Waals surface area contributed by atoms with Gasteiger partial charge in [0.1, 0.15) is 17.9 Å². The summed E-state index contributed by atoms with van der Waals surface area (Å²) in [6.07, 6.45) is 2.16. The summed E-state index contributed by atoms with van der Waals surface area (Å²) in [4.78, 5) is 29.3. The van der Waals surface area contributed by atoms with Crippen molar-refractivity contribution in [2.24, 2.45) is 11.8 Å². The van der Waals surface area contributed by atoms with Gasteiger partial charge in [0.2, 0.25) is 11.8 Å². The summed E-state index contributed by atoms with van der Waals surface area (Å²) >= 11 is 0. The van der Waals surface area contributed by atoms with Crippen molar-refractivity contribution in [2.75, 3.05) is 36.4 Å². The van der Waals surface area contributed by atoms with E-state index in [1.165, 1.54) is 0 Å². The number of anilines is 2. The van der Waals surface area contributed by atoms with E-state index in [0.717, 1.165) is 42.9 Å². The summed E-state index contributed by atoms with van der Waals surface area (Å²) in [7, 11) is 0. The number of rotatable bonds is 2. The van der Waals surface area contributed by atoms with Gasteiger partial charge in [-0.15, -0.1) is 0 Å². The Morgan fingerprint density at radius 3 is 2.82 bits per heavy atom. The van der Waals surface area contributed by atoms with Crippen LogP contribution in [0, 0.1) is 11.8 Å². The molecule has 0 unspecified atom stereocenters. The second-order valence-corrected chi connectivity index (χ2v) is 10.5. The topological polar surface area (TPSA) is 71.1 Å². The van der Waals surface area contributed by atoms with Gasteiger partial charge in [0.25, 0.3) is 0 Å². The number of likely N-dealkylation sites (tertiary alicyclic amines) is 1. The average Bonchev–Trinajstić information content (AvgIpc) is 2.82. The lowest BCUT2D eigenvalue weighted by Crippen LogP contribution is -2.56. The molecule has 2 aromatic rings.